The van der Waals surface area contributed by atoms with Crippen LogP contribution in [0.1, 0.15) is 26.1 Å². The van der Waals surface area contributed by atoms with Crippen LogP contribution in [-0.4, -0.2) is 51.2 Å². The lowest BCUT2D eigenvalue weighted by Crippen LogP contribution is -2.36. The van der Waals surface area contributed by atoms with Crippen LogP contribution in [-0.2, 0) is 11.3 Å². The number of hydrogen-bond acceptors (Lipinski definition) is 4. The highest BCUT2D eigenvalue weighted by molar-refractivity contribution is 9.10. The smallest absolute Gasteiger partial charge is 0.292 e. The lowest BCUT2D eigenvalue weighted by Gasteiger charge is -2.17. The van der Waals surface area contributed by atoms with Crippen LogP contribution in [0.2, 0.25) is 0 Å². The number of amides is 1. The van der Waals surface area contributed by atoms with Crippen LogP contribution in [0.15, 0.2) is 27.5 Å². The molecule has 9 heteroatoms. The molecule has 0 fully saturated rings. The maximum atomic E-state index is 14.3. The highest BCUT2D eigenvalue weighted by atomic mass is 79.9. The van der Waals surface area contributed by atoms with Gasteiger partial charge in [-0.15, -0.1) is 0 Å². The molecule has 0 radical (unpaired) electrons. The van der Waals surface area contributed by atoms with Crippen LogP contribution in [0.5, 0.6) is 0 Å². The van der Waals surface area contributed by atoms with Crippen molar-refractivity contribution in [3.8, 4) is 0 Å². The number of benzene rings is 1. The minimum Gasteiger partial charge on any atom is -0.354 e. The number of hydrogen-bond donors (Lipinski definition) is 1. The highest BCUT2D eigenvalue weighted by Crippen LogP contribution is 2.32. The fourth-order valence-corrected chi connectivity index (χ4v) is 4.27. The average Bonchev–Trinajstić information content (AvgIpc) is 3.00. The third-order valence-corrected chi connectivity index (χ3v) is 5.84. The van der Waals surface area contributed by atoms with Crippen molar-refractivity contribution in [2.24, 2.45) is 0 Å². The Morgan fingerprint density at radius 1 is 1.31 bits per heavy atom. The van der Waals surface area contributed by atoms with Crippen molar-refractivity contribution in [2.75, 3.05) is 26.2 Å². The van der Waals surface area contributed by atoms with E-state index in [1.165, 1.54) is 6.07 Å². The van der Waals surface area contributed by atoms with Gasteiger partial charge in [-0.2, -0.15) is 5.10 Å². The van der Waals surface area contributed by atoms with Gasteiger partial charge in [0.15, 0.2) is 0 Å². The largest absolute Gasteiger partial charge is 0.354 e. The van der Waals surface area contributed by atoms with Gasteiger partial charge < -0.3 is 10.2 Å². The third kappa shape index (κ3) is 4.20. The Morgan fingerprint density at radius 2 is 2.03 bits per heavy atom. The second-order valence-corrected chi connectivity index (χ2v) is 7.67. The van der Waals surface area contributed by atoms with E-state index >= 15 is 0 Å². The number of carbonyl (C=O) groups is 1. The first-order valence-corrected chi connectivity index (χ1v) is 10.5. The molecule has 0 unspecified atom stereocenters. The fraction of sp³-hybridized carbons (Fsp3) is 0.450. The Kier molecular flexibility index (Phi) is 6.69. The van der Waals surface area contributed by atoms with Gasteiger partial charge in [0.25, 0.3) is 5.56 Å². The van der Waals surface area contributed by atoms with Gasteiger partial charge in [-0.1, -0.05) is 19.9 Å². The average molecular weight is 466 g/mol. The van der Waals surface area contributed by atoms with E-state index in [2.05, 4.69) is 45.1 Å². The van der Waals surface area contributed by atoms with E-state index in [-0.39, 0.29) is 18.0 Å². The van der Waals surface area contributed by atoms with Crippen LogP contribution in [0.3, 0.4) is 0 Å². The molecule has 0 saturated heterocycles. The molecule has 0 spiro atoms. The molecule has 29 heavy (non-hydrogen) atoms. The van der Waals surface area contributed by atoms with Gasteiger partial charge in [-0.05, 0) is 61.0 Å². The number of fused-ring (bicyclic) bond motifs is 3. The number of aromatic nitrogens is 3. The van der Waals surface area contributed by atoms with Gasteiger partial charge >= 0.3 is 0 Å². The third-order valence-electron chi connectivity index (χ3n) is 5.07. The van der Waals surface area contributed by atoms with Gasteiger partial charge in [0.05, 0.1) is 15.4 Å². The molecule has 156 valence electrons. The molecular weight excluding hydrogens is 441 g/mol. The quantitative estimate of drug-likeness (QED) is 0.519. The molecule has 3 rings (SSSR count). The molecule has 1 N–H and O–H groups in total. The molecule has 2 aromatic heterocycles. The van der Waals surface area contributed by atoms with Crippen LogP contribution < -0.4 is 10.9 Å². The summed E-state index contributed by atoms with van der Waals surface area (Å²) in [6.07, 6.45) is 0.836. The van der Waals surface area contributed by atoms with Crippen molar-refractivity contribution < 1.29 is 9.18 Å². The van der Waals surface area contributed by atoms with Crippen molar-refractivity contribution in [1.82, 2.24) is 24.4 Å². The number of nitrogens with one attached hydrogen (secondary N) is 1. The number of carbonyl (C=O) groups excluding carboxylic acids is 1. The number of rotatable bonds is 8. The zero-order chi connectivity index (χ0) is 21.1. The maximum Gasteiger partial charge on any atom is 0.292 e. The number of halogens is 2. The molecule has 3 aromatic rings. The Bertz CT molecular complexity index is 1100. The SMILES string of the molecule is CCN(CC)CCCNC(=O)Cn1nc(C)n2c(c(Br)c3c(F)cccc32)c1=O. The van der Waals surface area contributed by atoms with E-state index in [0.29, 0.717) is 27.7 Å². The van der Waals surface area contributed by atoms with E-state index in [4.69, 9.17) is 0 Å². The molecule has 0 aliphatic heterocycles. The second-order valence-electron chi connectivity index (χ2n) is 6.87. The minimum atomic E-state index is -0.448. The van der Waals surface area contributed by atoms with Gasteiger partial charge in [0, 0.05) is 6.54 Å². The predicted molar refractivity (Wildman–Crippen MR) is 115 cm³/mol. The summed E-state index contributed by atoms with van der Waals surface area (Å²) >= 11 is 3.36. The van der Waals surface area contributed by atoms with Crippen LogP contribution in [0.4, 0.5) is 4.39 Å². The van der Waals surface area contributed by atoms with Crippen molar-refractivity contribution in [2.45, 2.75) is 33.7 Å². The van der Waals surface area contributed by atoms with Gasteiger partial charge in [-0.25, -0.2) is 9.07 Å². The van der Waals surface area contributed by atoms with E-state index in [1.807, 2.05) is 0 Å². The van der Waals surface area contributed by atoms with E-state index in [0.717, 1.165) is 30.7 Å². The highest BCUT2D eigenvalue weighted by Gasteiger charge is 2.20. The summed E-state index contributed by atoms with van der Waals surface area (Å²) in [7, 11) is 0. The van der Waals surface area contributed by atoms with E-state index in [1.54, 1.807) is 23.5 Å². The molecule has 0 aliphatic rings. The number of nitrogens with zero attached hydrogens (tertiary/aromatic N) is 4. The molecule has 0 atom stereocenters. The summed E-state index contributed by atoms with van der Waals surface area (Å²) in [5, 5.41) is 7.43. The molecular formula is C20H25BrFN5O2. The topological polar surface area (TPSA) is 71.6 Å². The first kappa shape index (κ1) is 21.4. The Morgan fingerprint density at radius 3 is 2.72 bits per heavy atom. The molecule has 1 amide bonds. The van der Waals surface area contributed by atoms with Crippen molar-refractivity contribution in [3.63, 3.8) is 0 Å². The Hall–Kier alpha value is -2.26. The zero-order valence-corrected chi connectivity index (χ0v) is 18.4. The van der Waals surface area contributed by atoms with Crippen LogP contribution in [0, 0.1) is 12.7 Å². The monoisotopic (exact) mass is 465 g/mol. The second kappa shape index (κ2) is 9.04. The van der Waals surface area contributed by atoms with Crippen molar-refractivity contribution >= 4 is 38.3 Å². The van der Waals surface area contributed by atoms with Gasteiger partial charge in [-0.3, -0.25) is 14.0 Å². The van der Waals surface area contributed by atoms with E-state index < -0.39 is 11.4 Å². The molecule has 7 nitrogen and oxygen atoms in total. The molecule has 1 aromatic carbocycles. The predicted octanol–water partition coefficient (Wildman–Crippen LogP) is 2.71. The molecule has 0 aliphatic carbocycles. The van der Waals surface area contributed by atoms with Crippen LogP contribution >= 0.6 is 15.9 Å². The first-order chi connectivity index (χ1) is 13.9. The zero-order valence-electron chi connectivity index (χ0n) is 16.8. The summed E-state index contributed by atoms with van der Waals surface area (Å²) in [4.78, 5) is 27.5. The fourth-order valence-electron chi connectivity index (χ4n) is 3.54. The summed E-state index contributed by atoms with van der Waals surface area (Å²) in [6.45, 7) is 9.15. The first-order valence-electron chi connectivity index (χ1n) is 9.73. The van der Waals surface area contributed by atoms with Gasteiger partial charge in [0.2, 0.25) is 5.91 Å². The lowest BCUT2D eigenvalue weighted by atomic mass is 10.2. The summed E-state index contributed by atoms with van der Waals surface area (Å²) in [5.74, 6) is -0.203. The lowest BCUT2D eigenvalue weighted by molar-refractivity contribution is -0.121. The van der Waals surface area contributed by atoms with Crippen molar-refractivity contribution in [1.29, 1.82) is 0 Å². The molecule has 0 bridgehead atoms. The normalized spacial score (nSPS) is 11.7. The minimum absolute atomic E-state index is 0.183. The molecule has 2 heterocycles. The van der Waals surface area contributed by atoms with E-state index in [9.17, 15) is 14.0 Å². The van der Waals surface area contributed by atoms with Crippen LogP contribution in [0.25, 0.3) is 16.4 Å². The van der Waals surface area contributed by atoms with Gasteiger partial charge in [0.1, 0.15) is 23.7 Å². The summed E-state index contributed by atoms with van der Waals surface area (Å²) < 4.78 is 17.4. The summed E-state index contributed by atoms with van der Waals surface area (Å²) in [5.41, 5.74) is 0.380. The summed E-state index contributed by atoms with van der Waals surface area (Å²) in [6, 6.07) is 4.67. The maximum absolute atomic E-state index is 14.3. The Labute approximate surface area is 176 Å². The number of aryl methyl sites for hydroxylation is 1. The van der Waals surface area contributed by atoms with Crippen molar-refractivity contribution in [3.05, 3.63) is 44.7 Å². The standard InChI is InChI=1S/C20H25BrFN5O2/c1-4-25(5-2)11-7-10-23-16(28)12-26-20(29)19-18(21)17-14(22)8-6-9-15(17)27(19)13(3)24-26/h6,8-9H,4-5,7,10-12H2,1-3H3,(H,23,28). The molecule has 0 saturated carbocycles. The Balaban J connectivity index is 1.82.